The van der Waals surface area contributed by atoms with E-state index in [1.807, 2.05) is 11.3 Å². The zero-order valence-corrected chi connectivity index (χ0v) is 12.1. The van der Waals surface area contributed by atoms with Gasteiger partial charge in [-0.25, -0.2) is 0 Å². The van der Waals surface area contributed by atoms with Crippen molar-refractivity contribution in [2.24, 2.45) is 0 Å². The first-order valence-corrected chi connectivity index (χ1v) is 7.96. The standard InChI is InChI=1S/C16H21NOS/c1-11(17-13-6-8-14(18)9-7-13)16-10-12-4-2-3-5-15(12)19-16/h2-5,10-11,13-14,17-18H,6-9H2,1H3. The van der Waals surface area contributed by atoms with Gasteiger partial charge in [0.2, 0.25) is 0 Å². The lowest BCUT2D eigenvalue weighted by molar-refractivity contribution is 0.114. The van der Waals surface area contributed by atoms with Crippen LogP contribution in [0.5, 0.6) is 0 Å². The molecule has 1 saturated carbocycles. The van der Waals surface area contributed by atoms with E-state index in [4.69, 9.17) is 0 Å². The van der Waals surface area contributed by atoms with E-state index in [-0.39, 0.29) is 6.10 Å². The number of rotatable bonds is 3. The van der Waals surface area contributed by atoms with Crippen molar-refractivity contribution in [3.05, 3.63) is 35.2 Å². The molecule has 3 heteroatoms. The SMILES string of the molecule is CC(NC1CCC(O)CC1)c1cc2ccccc2s1. The minimum atomic E-state index is -0.0716. The molecule has 0 spiro atoms. The summed E-state index contributed by atoms with van der Waals surface area (Å²) in [4.78, 5) is 1.41. The van der Waals surface area contributed by atoms with Crippen LogP contribution in [0.15, 0.2) is 30.3 Å². The molecule has 0 saturated heterocycles. The van der Waals surface area contributed by atoms with Gasteiger partial charge >= 0.3 is 0 Å². The highest BCUT2D eigenvalue weighted by Gasteiger charge is 2.21. The third-order valence-electron chi connectivity index (χ3n) is 4.05. The Balaban J connectivity index is 1.68. The number of fused-ring (bicyclic) bond motifs is 1. The van der Waals surface area contributed by atoms with Crippen LogP contribution in [0.2, 0.25) is 0 Å². The Kier molecular flexibility index (Phi) is 3.87. The van der Waals surface area contributed by atoms with E-state index in [0.717, 1.165) is 25.7 Å². The van der Waals surface area contributed by atoms with E-state index >= 15 is 0 Å². The molecule has 1 aliphatic rings. The molecule has 3 rings (SSSR count). The van der Waals surface area contributed by atoms with E-state index in [1.165, 1.54) is 15.0 Å². The fourth-order valence-electron chi connectivity index (χ4n) is 2.89. The summed E-state index contributed by atoms with van der Waals surface area (Å²) in [7, 11) is 0. The molecular formula is C16H21NOS. The van der Waals surface area contributed by atoms with Crippen molar-refractivity contribution in [2.75, 3.05) is 0 Å². The van der Waals surface area contributed by atoms with Crippen LogP contribution in [-0.4, -0.2) is 17.3 Å². The van der Waals surface area contributed by atoms with Crippen molar-refractivity contribution in [2.45, 2.75) is 50.8 Å². The molecule has 2 nitrogen and oxygen atoms in total. The van der Waals surface area contributed by atoms with Gasteiger partial charge in [-0.2, -0.15) is 0 Å². The third kappa shape index (κ3) is 2.99. The molecule has 0 bridgehead atoms. The minimum Gasteiger partial charge on any atom is -0.393 e. The first-order valence-electron chi connectivity index (χ1n) is 7.15. The summed E-state index contributed by atoms with van der Waals surface area (Å²) in [5.74, 6) is 0. The quantitative estimate of drug-likeness (QED) is 0.891. The molecule has 1 unspecified atom stereocenters. The van der Waals surface area contributed by atoms with Crippen molar-refractivity contribution >= 4 is 21.4 Å². The van der Waals surface area contributed by atoms with Crippen molar-refractivity contribution in [1.82, 2.24) is 5.32 Å². The average molecular weight is 275 g/mol. The largest absolute Gasteiger partial charge is 0.393 e. The Morgan fingerprint density at radius 2 is 1.95 bits per heavy atom. The maximum absolute atomic E-state index is 9.55. The molecule has 1 fully saturated rings. The number of aliphatic hydroxyl groups is 1. The molecule has 1 aliphatic carbocycles. The predicted molar refractivity (Wildman–Crippen MR) is 81.6 cm³/mol. The van der Waals surface area contributed by atoms with Crippen LogP contribution in [0.3, 0.4) is 0 Å². The summed E-state index contributed by atoms with van der Waals surface area (Å²) < 4.78 is 1.37. The molecule has 1 atom stereocenters. The fraction of sp³-hybridized carbons (Fsp3) is 0.500. The van der Waals surface area contributed by atoms with Crippen LogP contribution >= 0.6 is 11.3 Å². The van der Waals surface area contributed by atoms with Gasteiger partial charge in [-0.1, -0.05) is 18.2 Å². The maximum atomic E-state index is 9.55. The van der Waals surface area contributed by atoms with Crippen molar-refractivity contribution in [3.63, 3.8) is 0 Å². The van der Waals surface area contributed by atoms with E-state index in [1.54, 1.807) is 0 Å². The van der Waals surface area contributed by atoms with Gasteiger partial charge in [-0.05, 0) is 50.1 Å². The minimum absolute atomic E-state index is 0.0716. The highest BCUT2D eigenvalue weighted by Crippen LogP contribution is 2.30. The Labute approximate surface area is 118 Å². The molecule has 0 amide bonds. The molecule has 2 N–H and O–H groups in total. The first kappa shape index (κ1) is 13.1. The highest BCUT2D eigenvalue weighted by molar-refractivity contribution is 7.19. The van der Waals surface area contributed by atoms with Crippen LogP contribution in [0, 0.1) is 0 Å². The summed E-state index contributed by atoms with van der Waals surface area (Å²) in [6.45, 7) is 2.25. The molecule has 2 aromatic rings. The predicted octanol–water partition coefficient (Wildman–Crippen LogP) is 3.86. The second kappa shape index (κ2) is 5.61. The van der Waals surface area contributed by atoms with Crippen molar-refractivity contribution in [1.29, 1.82) is 0 Å². The van der Waals surface area contributed by atoms with E-state index in [0.29, 0.717) is 12.1 Å². The maximum Gasteiger partial charge on any atom is 0.0541 e. The number of benzene rings is 1. The van der Waals surface area contributed by atoms with Gasteiger partial charge < -0.3 is 10.4 Å². The average Bonchev–Trinajstić information content (AvgIpc) is 2.85. The van der Waals surface area contributed by atoms with E-state index in [2.05, 4.69) is 42.6 Å². The number of hydrogen-bond acceptors (Lipinski definition) is 3. The highest BCUT2D eigenvalue weighted by atomic mass is 32.1. The van der Waals surface area contributed by atoms with Crippen LogP contribution in [0.4, 0.5) is 0 Å². The van der Waals surface area contributed by atoms with Gasteiger partial charge in [0, 0.05) is 21.7 Å². The van der Waals surface area contributed by atoms with Crippen molar-refractivity contribution in [3.8, 4) is 0 Å². The number of hydrogen-bond donors (Lipinski definition) is 2. The lowest BCUT2D eigenvalue weighted by atomic mass is 9.92. The molecule has 1 aromatic carbocycles. The summed E-state index contributed by atoms with van der Waals surface area (Å²) >= 11 is 1.88. The lowest BCUT2D eigenvalue weighted by Crippen LogP contribution is -2.35. The lowest BCUT2D eigenvalue weighted by Gasteiger charge is -2.28. The van der Waals surface area contributed by atoms with E-state index in [9.17, 15) is 5.11 Å². The zero-order valence-electron chi connectivity index (χ0n) is 11.3. The molecule has 102 valence electrons. The normalized spacial score (nSPS) is 25.6. The molecular weight excluding hydrogens is 254 g/mol. The van der Waals surface area contributed by atoms with Gasteiger partial charge in [0.05, 0.1) is 6.10 Å². The number of nitrogens with one attached hydrogen (secondary N) is 1. The number of thiophene rings is 1. The summed E-state index contributed by atoms with van der Waals surface area (Å²) in [6, 6.07) is 11.8. The molecule has 0 aliphatic heterocycles. The van der Waals surface area contributed by atoms with Gasteiger partial charge in [0.15, 0.2) is 0 Å². The Morgan fingerprint density at radius 1 is 1.21 bits per heavy atom. The zero-order chi connectivity index (χ0) is 13.2. The summed E-state index contributed by atoms with van der Waals surface area (Å²) in [5, 5.41) is 14.6. The van der Waals surface area contributed by atoms with Crippen LogP contribution in [-0.2, 0) is 0 Å². The van der Waals surface area contributed by atoms with Gasteiger partial charge in [0.1, 0.15) is 0 Å². The van der Waals surface area contributed by atoms with Gasteiger partial charge in [-0.15, -0.1) is 11.3 Å². The Hall–Kier alpha value is -0.900. The topological polar surface area (TPSA) is 32.3 Å². The Bertz CT molecular complexity index is 509. The smallest absolute Gasteiger partial charge is 0.0541 e. The molecule has 19 heavy (non-hydrogen) atoms. The molecule has 1 heterocycles. The first-order chi connectivity index (χ1) is 9.22. The summed E-state index contributed by atoms with van der Waals surface area (Å²) in [6.07, 6.45) is 4.00. The van der Waals surface area contributed by atoms with Crippen LogP contribution < -0.4 is 5.32 Å². The van der Waals surface area contributed by atoms with Gasteiger partial charge in [0.25, 0.3) is 0 Å². The van der Waals surface area contributed by atoms with E-state index < -0.39 is 0 Å². The monoisotopic (exact) mass is 275 g/mol. The third-order valence-corrected chi connectivity index (χ3v) is 5.35. The number of aliphatic hydroxyl groups excluding tert-OH is 1. The van der Waals surface area contributed by atoms with Crippen LogP contribution in [0.25, 0.3) is 10.1 Å². The molecule has 0 radical (unpaired) electrons. The Morgan fingerprint density at radius 3 is 2.68 bits per heavy atom. The summed E-state index contributed by atoms with van der Waals surface area (Å²) in [5.41, 5.74) is 0. The van der Waals surface area contributed by atoms with Crippen molar-refractivity contribution < 1.29 is 5.11 Å². The molecule has 1 aromatic heterocycles. The second-order valence-electron chi connectivity index (χ2n) is 5.58. The van der Waals surface area contributed by atoms with Crippen LogP contribution in [0.1, 0.15) is 43.5 Å². The fourth-order valence-corrected chi connectivity index (χ4v) is 3.97. The van der Waals surface area contributed by atoms with Gasteiger partial charge in [-0.3, -0.25) is 0 Å². The second-order valence-corrected chi connectivity index (χ2v) is 6.70.